The van der Waals surface area contributed by atoms with E-state index in [0.29, 0.717) is 0 Å². The van der Waals surface area contributed by atoms with Crippen LogP contribution in [-0.2, 0) is 0 Å². The minimum atomic E-state index is 0.764. The maximum Gasteiger partial charge on any atom is -0.00799 e. The molecule has 0 unspecified atom stereocenters. The summed E-state index contributed by atoms with van der Waals surface area (Å²) in [6, 6.07) is 0. The lowest BCUT2D eigenvalue weighted by molar-refractivity contribution is 0.155. The predicted molar refractivity (Wildman–Crippen MR) is 51.6 cm³/mol. The van der Waals surface area contributed by atoms with Crippen molar-refractivity contribution in [1.82, 2.24) is 0 Å². The topological polar surface area (TPSA) is 26.0 Å². The first-order valence-electron chi connectivity index (χ1n) is 4.88. The highest BCUT2D eigenvalue weighted by Gasteiger charge is 2.28. The highest BCUT2D eigenvalue weighted by Crippen LogP contribution is 2.42. The van der Waals surface area contributed by atoms with Gasteiger partial charge in [-0.3, -0.25) is 0 Å². The quantitative estimate of drug-likeness (QED) is 0.655. The van der Waals surface area contributed by atoms with E-state index in [9.17, 15) is 0 Å². The molecule has 2 N–H and O–H groups in total. The smallest absolute Gasteiger partial charge is 0.00799 e. The Morgan fingerprint density at radius 3 is 1.73 bits per heavy atom. The Morgan fingerprint density at radius 2 is 1.73 bits per heavy atom. The number of rotatable bonds is 2. The van der Waals surface area contributed by atoms with Crippen LogP contribution in [0.1, 0.15) is 52.9 Å². The summed E-state index contributed by atoms with van der Waals surface area (Å²) in [7, 11) is 0. The van der Waals surface area contributed by atoms with E-state index in [4.69, 9.17) is 5.73 Å². The van der Waals surface area contributed by atoms with Gasteiger partial charge in [0.25, 0.3) is 0 Å². The first kappa shape index (κ1) is 11.0. The Morgan fingerprint density at radius 1 is 1.27 bits per heavy atom. The fourth-order valence-corrected chi connectivity index (χ4v) is 1.13. The molecule has 1 nitrogen and oxygen atoms in total. The molecule has 68 valence electrons. The molecule has 0 aromatic rings. The Balaban J connectivity index is 0.000000218. The number of nitrogens with two attached hydrogens (primary N) is 1. The summed E-state index contributed by atoms with van der Waals surface area (Å²) in [5.74, 6) is 0. The SMILES string of the molecule is CCC1(C)CCC1.CCCN. The van der Waals surface area contributed by atoms with E-state index in [1.54, 1.807) is 0 Å². The van der Waals surface area contributed by atoms with Crippen LogP contribution >= 0.6 is 0 Å². The summed E-state index contributed by atoms with van der Waals surface area (Å²) in [6.45, 7) is 7.55. The molecule has 0 heterocycles. The molecule has 0 aromatic carbocycles. The van der Waals surface area contributed by atoms with Gasteiger partial charge in [0.05, 0.1) is 0 Å². The van der Waals surface area contributed by atoms with Crippen LogP contribution in [0.25, 0.3) is 0 Å². The van der Waals surface area contributed by atoms with E-state index in [2.05, 4.69) is 20.8 Å². The van der Waals surface area contributed by atoms with Crippen LogP contribution in [0.5, 0.6) is 0 Å². The van der Waals surface area contributed by atoms with Crippen LogP contribution in [0.3, 0.4) is 0 Å². The lowest BCUT2D eigenvalue weighted by Crippen LogP contribution is -2.23. The number of hydrogen-bond acceptors (Lipinski definition) is 1. The summed E-state index contributed by atoms with van der Waals surface area (Å²) >= 11 is 0. The Kier molecular flexibility index (Phi) is 5.57. The van der Waals surface area contributed by atoms with Crippen LogP contribution in [0, 0.1) is 5.41 Å². The molecule has 1 aliphatic rings. The first-order valence-corrected chi connectivity index (χ1v) is 4.88. The Bertz CT molecular complexity index is 77.4. The molecule has 1 fully saturated rings. The third kappa shape index (κ3) is 4.41. The monoisotopic (exact) mass is 157 g/mol. The molecular formula is C10H23N. The van der Waals surface area contributed by atoms with Crippen molar-refractivity contribution in [3.05, 3.63) is 0 Å². The third-order valence-electron chi connectivity index (χ3n) is 2.70. The highest BCUT2D eigenvalue weighted by molar-refractivity contribution is 4.81. The molecule has 0 amide bonds. The Labute approximate surface area is 71.4 Å². The molecule has 0 radical (unpaired) electrons. The molecular weight excluding hydrogens is 134 g/mol. The van der Waals surface area contributed by atoms with Gasteiger partial charge in [-0.15, -0.1) is 0 Å². The van der Waals surface area contributed by atoms with Gasteiger partial charge < -0.3 is 5.73 Å². The van der Waals surface area contributed by atoms with Crippen molar-refractivity contribution in [2.75, 3.05) is 6.54 Å². The molecule has 0 spiro atoms. The van der Waals surface area contributed by atoms with E-state index < -0.39 is 0 Å². The molecule has 0 aliphatic heterocycles. The van der Waals surface area contributed by atoms with Crippen molar-refractivity contribution in [2.45, 2.75) is 52.9 Å². The largest absolute Gasteiger partial charge is 0.330 e. The van der Waals surface area contributed by atoms with Gasteiger partial charge in [0, 0.05) is 0 Å². The molecule has 0 aromatic heterocycles. The van der Waals surface area contributed by atoms with E-state index in [-0.39, 0.29) is 0 Å². The van der Waals surface area contributed by atoms with Gasteiger partial charge in [-0.25, -0.2) is 0 Å². The van der Waals surface area contributed by atoms with Crippen molar-refractivity contribution in [3.63, 3.8) is 0 Å². The number of hydrogen-bond donors (Lipinski definition) is 1. The lowest BCUT2D eigenvalue weighted by atomic mass is 9.69. The van der Waals surface area contributed by atoms with Crippen LogP contribution in [0.2, 0.25) is 0 Å². The Hall–Kier alpha value is -0.0400. The van der Waals surface area contributed by atoms with E-state index in [1.165, 1.54) is 25.7 Å². The summed E-state index contributed by atoms with van der Waals surface area (Å²) < 4.78 is 0. The van der Waals surface area contributed by atoms with Crippen LogP contribution in [-0.4, -0.2) is 6.54 Å². The average molecular weight is 157 g/mol. The van der Waals surface area contributed by atoms with Gasteiger partial charge in [0.15, 0.2) is 0 Å². The minimum absolute atomic E-state index is 0.764. The molecule has 1 rings (SSSR count). The maximum atomic E-state index is 5.03. The van der Waals surface area contributed by atoms with Crippen molar-refractivity contribution in [3.8, 4) is 0 Å². The second-order valence-corrected chi connectivity index (χ2v) is 3.81. The van der Waals surface area contributed by atoms with Crippen molar-refractivity contribution >= 4 is 0 Å². The van der Waals surface area contributed by atoms with Gasteiger partial charge in [-0.2, -0.15) is 0 Å². The molecule has 1 aliphatic carbocycles. The summed E-state index contributed by atoms with van der Waals surface area (Å²) in [4.78, 5) is 0. The summed E-state index contributed by atoms with van der Waals surface area (Å²) in [5, 5.41) is 0. The molecule has 0 bridgehead atoms. The maximum absolute atomic E-state index is 5.03. The first-order chi connectivity index (χ1) is 5.18. The summed E-state index contributed by atoms with van der Waals surface area (Å²) in [5.41, 5.74) is 5.79. The molecule has 0 atom stereocenters. The van der Waals surface area contributed by atoms with E-state index >= 15 is 0 Å². The fourth-order valence-electron chi connectivity index (χ4n) is 1.13. The zero-order valence-corrected chi connectivity index (χ0v) is 8.32. The van der Waals surface area contributed by atoms with Gasteiger partial charge in [0.1, 0.15) is 0 Å². The highest BCUT2D eigenvalue weighted by atomic mass is 14.5. The average Bonchev–Trinajstić information content (AvgIpc) is 2.01. The second kappa shape index (κ2) is 5.59. The van der Waals surface area contributed by atoms with Crippen LogP contribution < -0.4 is 5.73 Å². The summed E-state index contributed by atoms with van der Waals surface area (Å²) in [6.07, 6.45) is 6.91. The molecule has 11 heavy (non-hydrogen) atoms. The van der Waals surface area contributed by atoms with Gasteiger partial charge >= 0.3 is 0 Å². The normalized spacial score (nSPS) is 19.6. The standard InChI is InChI=1S/C7H14.C3H9N/c1-3-7(2)5-4-6-7;1-2-3-4/h3-6H2,1-2H3;2-4H2,1H3. The molecule has 0 saturated heterocycles. The van der Waals surface area contributed by atoms with Gasteiger partial charge in [-0.1, -0.05) is 33.6 Å². The van der Waals surface area contributed by atoms with Crippen molar-refractivity contribution < 1.29 is 0 Å². The van der Waals surface area contributed by atoms with Crippen molar-refractivity contribution in [2.24, 2.45) is 11.1 Å². The van der Waals surface area contributed by atoms with Gasteiger partial charge in [-0.05, 0) is 31.2 Å². The molecule has 1 heteroatoms. The van der Waals surface area contributed by atoms with E-state index in [1.807, 2.05) is 0 Å². The van der Waals surface area contributed by atoms with Crippen molar-refractivity contribution in [1.29, 1.82) is 0 Å². The van der Waals surface area contributed by atoms with Gasteiger partial charge in [0.2, 0.25) is 0 Å². The second-order valence-electron chi connectivity index (χ2n) is 3.81. The van der Waals surface area contributed by atoms with Crippen LogP contribution in [0.15, 0.2) is 0 Å². The minimum Gasteiger partial charge on any atom is -0.330 e. The third-order valence-corrected chi connectivity index (χ3v) is 2.70. The van der Waals surface area contributed by atoms with Crippen LogP contribution in [0.4, 0.5) is 0 Å². The zero-order chi connectivity index (χ0) is 8.74. The lowest BCUT2D eigenvalue weighted by Gasteiger charge is -2.37. The fraction of sp³-hybridized carbons (Fsp3) is 1.00. The predicted octanol–water partition coefficient (Wildman–Crippen LogP) is 2.94. The molecule has 1 saturated carbocycles. The van der Waals surface area contributed by atoms with E-state index in [0.717, 1.165) is 18.4 Å². The zero-order valence-electron chi connectivity index (χ0n) is 8.32.